The van der Waals surface area contributed by atoms with Crippen molar-refractivity contribution in [2.45, 2.75) is 128 Å². The molecule has 2 aromatic rings. The van der Waals surface area contributed by atoms with Crippen molar-refractivity contribution in [2.24, 2.45) is 11.3 Å². The maximum absolute atomic E-state index is 13.6. The predicted molar refractivity (Wildman–Crippen MR) is 173 cm³/mol. The second-order valence-electron chi connectivity index (χ2n) is 16.2. The van der Waals surface area contributed by atoms with Gasteiger partial charge in [0.15, 0.2) is 8.32 Å². The molecule has 1 spiro atoms. The first-order valence-electron chi connectivity index (χ1n) is 17.1. The molecule has 2 saturated heterocycles. The first-order chi connectivity index (χ1) is 21.5. The third-order valence-electron chi connectivity index (χ3n) is 11.4. The van der Waals surface area contributed by atoms with Crippen LogP contribution in [0.1, 0.15) is 131 Å². The molecule has 2 aromatic heterocycles. The fraction of sp³-hybridized carbons (Fsp3) is 0.722. The molecule has 0 amide bonds. The molecule has 4 atom stereocenters. The van der Waals surface area contributed by atoms with Gasteiger partial charge in [0.05, 0.1) is 29.7 Å². The molecule has 254 valence electrons. The Morgan fingerprint density at radius 1 is 1.02 bits per heavy atom. The minimum Gasteiger partial charge on any atom is -0.410 e. The van der Waals surface area contributed by atoms with E-state index in [1.54, 1.807) is 0 Å². The van der Waals surface area contributed by atoms with Crippen molar-refractivity contribution in [1.29, 1.82) is 0 Å². The number of halogens is 3. The molecule has 0 N–H and O–H groups in total. The Labute approximate surface area is 273 Å². The van der Waals surface area contributed by atoms with Crippen LogP contribution < -0.4 is 0 Å². The first kappa shape index (κ1) is 34.0. The zero-order chi connectivity index (χ0) is 33.3. The molecular formula is C36H51F3N2O4Si. The normalized spacial score (nSPS) is 28.7. The molecule has 10 heteroatoms. The van der Waals surface area contributed by atoms with Crippen LogP contribution in [0.4, 0.5) is 13.2 Å². The van der Waals surface area contributed by atoms with Gasteiger partial charge in [-0.25, -0.2) is 0 Å². The van der Waals surface area contributed by atoms with E-state index in [-0.39, 0.29) is 28.4 Å². The zero-order valence-corrected chi connectivity index (χ0v) is 29.8. The summed E-state index contributed by atoms with van der Waals surface area (Å²) in [6, 6.07) is 2.62. The summed E-state index contributed by atoms with van der Waals surface area (Å²) in [6.07, 6.45) is 0.553. The maximum atomic E-state index is 13.6. The van der Waals surface area contributed by atoms with E-state index in [0.29, 0.717) is 38.5 Å². The van der Waals surface area contributed by atoms with Gasteiger partial charge in [0.25, 0.3) is 0 Å². The van der Waals surface area contributed by atoms with E-state index >= 15 is 0 Å². The number of ether oxygens (including phenoxy) is 3. The molecule has 4 aliphatic rings. The van der Waals surface area contributed by atoms with E-state index in [9.17, 15) is 13.2 Å². The Morgan fingerprint density at radius 2 is 1.74 bits per heavy atom. The standard InChI is InChI=1S/C36H51F3N2O4Si/c1-9-23-21-43-17-14-35(23)30-28-26(18-34(5,6)19-27(28)45-46(7,8)33(2,3)4)41-31(22-12-15-42-16-13-22)29(30)32(44-35)25-11-10-24(20-40-25)36(37,38)39/h10-11,20,22-23,27,32H,9,12-19,21H2,1-8H3. The van der Waals surface area contributed by atoms with Crippen LogP contribution in [0.15, 0.2) is 18.3 Å². The molecule has 0 radical (unpaired) electrons. The van der Waals surface area contributed by atoms with Crippen molar-refractivity contribution in [3.8, 4) is 0 Å². The average Bonchev–Trinajstić information content (AvgIpc) is 3.30. The predicted octanol–water partition coefficient (Wildman–Crippen LogP) is 9.19. The van der Waals surface area contributed by atoms with E-state index < -0.39 is 31.8 Å². The Balaban J connectivity index is 1.64. The van der Waals surface area contributed by atoms with Gasteiger partial charge in [-0.15, -0.1) is 0 Å². The highest BCUT2D eigenvalue weighted by atomic mass is 28.4. The molecule has 6 nitrogen and oxygen atoms in total. The quantitative estimate of drug-likeness (QED) is 0.298. The summed E-state index contributed by atoms with van der Waals surface area (Å²) < 4.78 is 67.4. The SMILES string of the molecule is CCC1COCCC12OC(c1ccc(C(F)(F)F)cn1)c1c(C3CCOCC3)nc3c(c12)C(O[Si](C)(C)C(C)(C)C)CC(C)(C)C3. The molecule has 0 bridgehead atoms. The van der Waals surface area contributed by atoms with E-state index in [0.717, 1.165) is 66.9 Å². The average molecular weight is 661 g/mol. The van der Waals surface area contributed by atoms with Gasteiger partial charge >= 0.3 is 6.18 Å². The minimum atomic E-state index is -4.47. The van der Waals surface area contributed by atoms with E-state index in [4.69, 9.17) is 23.6 Å². The summed E-state index contributed by atoms with van der Waals surface area (Å²) in [7, 11) is -2.22. The van der Waals surface area contributed by atoms with Crippen LogP contribution in [0.3, 0.4) is 0 Å². The minimum absolute atomic E-state index is 0.0128. The molecule has 6 rings (SSSR count). The maximum Gasteiger partial charge on any atom is 0.417 e. The number of pyridine rings is 2. The Hall–Kier alpha value is -1.85. The number of rotatable bonds is 5. The Morgan fingerprint density at radius 3 is 2.35 bits per heavy atom. The molecule has 3 aliphatic heterocycles. The van der Waals surface area contributed by atoms with Gasteiger partial charge in [0.1, 0.15) is 11.7 Å². The number of aromatic nitrogens is 2. The molecule has 0 aromatic carbocycles. The lowest BCUT2D eigenvalue weighted by atomic mass is 9.67. The summed E-state index contributed by atoms with van der Waals surface area (Å²) in [6.45, 7) is 20.6. The Bertz CT molecular complexity index is 1430. The van der Waals surface area contributed by atoms with Crippen LogP contribution >= 0.6 is 0 Å². The van der Waals surface area contributed by atoms with E-state index in [1.807, 2.05) is 0 Å². The topological polar surface area (TPSA) is 62.7 Å². The molecule has 46 heavy (non-hydrogen) atoms. The molecule has 5 heterocycles. The highest BCUT2D eigenvalue weighted by Gasteiger charge is 2.57. The lowest BCUT2D eigenvalue weighted by molar-refractivity contribution is -0.164. The van der Waals surface area contributed by atoms with Gasteiger partial charge in [-0.1, -0.05) is 41.5 Å². The van der Waals surface area contributed by atoms with Crippen molar-refractivity contribution in [3.63, 3.8) is 0 Å². The third kappa shape index (κ3) is 5.99. The van der Waals surface area contributed by atoms with Crippen LogP contribution in [0.25, 0.3) is 0 Å². The van der Waals surface area contributed by atoms with Crippen LogP contribution in [0.5, 0.6) is 0 Å². The number of hydrogen-bond donors (Lipinski definition) is 0. The van der Waals surface area contributed by atoms with Crippen LogP contribution in [-0.4, -0.2) is 44.7 Å². The number of alkyl halides is 3. The van der Waals surface area contributed by atoms with Gasteiger partial charge in [0, 0.05) is 61.1 Å². The van der Waals surface area contributed by atoms with E-state index in [2.05, 4.69) is 59.6 Å². The van der Waals surface area contributed by atoms with Gasteiger partial charge in [-0.3, -0.25) is 9.97 Å². The third-order valence-corrected chi connectivity index (χ3v) is 15.9. The molecule has 4 unspecified atom stereocenters. The second kappa shape index (κ2) is 11.9. The van der Waals surface area contributed by atoms with E-state index in [1.165, 1.54) is 11.6 Å². The van der Waals surface area contributed by atoms with Crippen LogP contribution in [-0.2, 0) is 36.8 Å². The number of fused-ring (bicyclic) bond motifs is 4. The molecule has 1 aliphatic carbocycles. The number of hydrogen-bond acceptors (Lipinski definition) is 6. The highest BCUT2D eigenvalue weighted by Crippen LogP contribution is 2.61. The Kier molecular flexibility index (Phi) is 8.83. The van der Waals surface area contributed by atoms with Crippen molar-refractivity contribution >= 4 is 8.32 Å². The second-order valence-corrected chi connectivity index (χ2v) is 21.0. The molecule has 0 saturated carbocycles. The summed E-state index contributed by atoms with van der Waals surface area (Å²) in [5.74, 6) is 0.227. The van der Waals surface area contributed by atoms with Crippen molar-refractivity contribution in [1.82, 2.24) is 9.97 Å². The van der Waals surface area contributed by atoms with Gasteiger partial charge in [-0.2, -0.15) is 13.2 Å². The zero-order valence-electron chi connectivity index (χ0n) is 28.8. The lowest BCUT2D eigenvalue weighted by Gasteiger charge is -2.47. The molecule has 2 fully saturated rings. The molecular weight excluding hydrogens is 609 g/mol. The van der Waals surface area contributed by atoms with Gasteiger partial charge < -0.3 is 18.6 Å². The summed E-state index contributed by atoms with van der Waals surface area (Å²) in [5, 5.41) is 0.0128. The summed E-state index contributed by atoms with van der Waals surface area (Å²) in [5.41, 5.74) is 4.44. The first-order valence-corrected chi connectivity index (χ1v) is 20.0. The van der Waals surface area contributed by atoms with Gasteiger partial charge in [0.2, 0.25) is 0 Å². The van der Waals surface area contributed by atoms with Crippen molar-refractivity contribution in [2.75, 3.05) is 26.4 Å². The van der Waals surface area contributed by atoms with Crippen LogP contribution in [0, 0.1) is 11.3 Å². The van der Waals surface area contributed by atoms with Gasteiger partial charge in [-0.05, 0) is 73.3 Å². The summed E-state index contributed by atoms with van der Waals surface area (Å²) >= 11 is 0. The van der Waals surface area contributed by atoms with Crippen LogP contribution in [0.2, 0.25) is 18.1 Å². The van der Waals surface area contributed by atoms with Crippen molar-refractivity contribution < 1.29 is 31.8 Å². The monoisotopic (exact) mass is 660 g/mol. The fourth-order valence-corrected chi connectivity index (χ4v) is 9.18. The van der Waals surface area contributed by atoms with Crippen molar-refractivity contribution in [3.05, 3.63) is 57.7 Å². The fourth-order valence-electron chi connectivity index (χ4n) is 7.92. The smallest absolute Gasteiger partial charge is 0.410 e. The number of nitrogens with zero attached hydrogens (tertiary/aromatic N) is 2. The summed E-state index contributed by atoms with van der Waals surface area (Å²) in [4.78, 5) is 10.0. The lowest BCUT2D eigenvalue weighted by Crippen LogP contribution is -2.46. The largest absolute Gasteiger partial charge is 0.417 e. The highest BCUT2D eigenvalue weighted by molar-refractivity contribution is 6.74.